The van der Waals surface area contributed by atoms with E-state index in [2.05, 4.69) is 4.74 Å². The maximum absolute atomic E-state index is 10.6. The summed E-state index contributed by atoms with van der Waals surface area (Å²) in [6.07, 6.45) is 1.52. The summed E-state index contributed by atoms with van der Waals surface area (Å²) in [5.41, 5.74) is 1.05. The number of carbonyl (C=O) groups excluding carboxylic acids is 1. The molecule has 0 spiro atoms. The first kappa shape index (κ1) is 9.21. The van der Waals surface area contributed by atoms with Gasteiger partial charge in [0.2, 0.25) is 0 Å². The van der Waals surface area contributed by atoms with Gasteiger partial charge in [0.25, 0.3) is 0 Å². The van der Waals surface area contributed by atoms with Crippen molar-refractivity contribution in [2.75, 3.05) is 7.11 Å². The summed E-state index contributed by atoms with van der Waals surface area (Å²) in [7, 11) is 1.38. The van der Waals surface area contributed by atoms with E-state index < -0.39 is 0 Å². The Hall–Kier alpha value is -0.790. The molecule has 0 aromatic heterocycles. The first-order chi connectivity index (χ1) is 4.57. The van der Waals surface area contributed by atoms with Crippen LogP contribution < -0.4 is 0 Å². The van der Waals surface area contributed by atoms with E-state index >= 15 is 0 Å². The summed E-state index contributed by atoms with van der Waals surface area (Å²) in [6.45, 7) is 5.99. The highest BCUT2D eigenvalue weighted by atomic mass is 16.5. The highest BCUT2D eigenvalue weighted by Crippen LogP contribution is 2.06. The molecular weight excluding hydrogens is 128 g/mol. The molecule has 10 heavy (non-hydrogen) atoms. The molecule has 0 aromatic carbocycles. The van der Waals surface area contributed by atoms with Crippen LogP contribution in [0.2, 0.25) is 0 Å². The minimum atomic E-state index is -0.272. The van der Waals surface area contributed by atoms with E-state index in [1.807, 2.05) is 20.8 Å². The molecule has 0 heterocycles. The molecule has 0 aliphatic carbocycles. The average Bonchev–Trinajstić information content (AvgIpc) is 1.87. The zero-order valence-electron chi connectivity index (χ0n) is 6.97. The molecule has 2 nitrogen and oxygen atoms in total. The highest BCUT2D eigenvalue weighted by Gasteiger charge is 1.99. The van der Waals surface area contributed by atoms with Gasteiger partial charge in [0.15, 0.2) is 0 Å². The first-order valence-electron chi connectivity index (χ1n) is 3.34. The molecular formula is C8H14O2. The molecule has 0 saturated heterocycles. The van der Waals surface area contributed by atoms with Crippen LogP contribution in [0, 0.1) is 5.92 Å². The Morgan fingerprint density at radius 2 is 2.00 bits per heavy atom. The van der Waals surface area contributed by atoms with E-state index in [1.165, 1.54) is 13.2 Å². The topological polar surface area (TPSA) is 26.3 Å². The molecule has 0 radical (unpaired) electrons. The number of rotatable bonds is 2. The Kier molecular flexibility index (Phi) is 3.77. The smallest absolute Gasteiger partial charge is 0.330 e. The summed E-state index contributed by atoms with van der Waals surface area (Å²) < 4.78 is 4.46. The van der Waals surface area contributed by atoms with Gasteiger partial charge in [-0.3, -0.25) is 0 Å². The number of carbonyl (C=O) groups is 1. The molecule has 0 aliphatic heterocycles. The summed E-state index contributed by atoms with van der Waals surface area (Å²) in [5, 5.41) is 0. The van der Waals surface area contributed by atoms with Crippen molar-refractivity contribution in [3.63, 3.8) is 0 Å². The molecule has 0 unspecified atom stereocenters. The van der Waals surface area contributed by atoms with Crippen molar-refractivity contribution in [1.82, 2.24) is 0 Å². The van der Waals surface area contributed by atoms with E-state index in [0.717, 1.165) is 5.57 Å². The number of methoxy groups -OCH3 is 1. The van der Waals surface area contributed by atoms with Gasteiger partial charge in [-0.1, -0.05) is 19.4 Å². The van der Waals surface area contributed by atoms with E-state index in [1.54, 1.807) is 0 Å². The first-order valence-corrected chi connectivity index (χ1v) is 3.34. The zero-order chi connectivity index (χ0) is 8.15. The van der Waals surface area contributed by atoms with Gasteiger partial charge >= 0.3 is 5.97 Å². The van der Waals surface area contributed by atoms with Gasteiger partial charge in [-0.2, -0.15) is 0 Å². The predicted molar refractivity (Wildman–Crippen MR) is 40.6 cm³/mol. The molecule has 0 aromatic rings. The molecule has 0 bridgehead atoms. The maximum atomic E-state index is 10.6. The van der Waals surface area contributed by atoms with Crippen molar-refractivity contribution in [1.29, 1.82) is 0 Å². The molecule has 0 fully saturated rings. The second-order valence-electron chi connectivity index (χ2n) is 2.57. The summed E-state index contributed by atoms with van der Waals surface area (Å²) in [5.74, 6) is 0.144. The van der Waals surface area contributed by atoms with Crippen LogP contribution in [0.25, 0.3) is 0 Å². The summed E-state index contributed by atoms with van der Waals surface area (Å²) >= 11 is 0. The molecule has 0 saturated carbocycles. The van der Waals surface area contributed by atoms with Crippen LogP contribution >= 0.6 is 0 Å². The van der Waals surface area contributed by atoms with Crippen molar-refractivity contribution in [2.24, 2.45) is 5.92 Å². The van der Waals surface area contributed by atoms with Crippen molar-refractivity contribution < 1.29 is 9.53 Å². The SMILES string of the molecule is COC(=O)/C=C(/C)C(C)C. The molecule has 0 aliphatic rings. The number of esters is 1. The van der Waals surface area contributed by atoms with Gasteiger partial charge in [0, 0.05) is 6.08 Å². The van der Waals surface area contributed by atoms with E-state index in [-0.39, 0.29) is 5.97 Å². The van der Waals surface area contributed by atoms with Crippen LogP contribution in [-0.4, -0.2) is 13.1 Å². The molecule has 0 atom stereocenters. The van der Waals surface area contributed by atoms with Crippen molar-refractivity contribution in [2.45, 2.75) is 20.8 Å². The van der Waals surface area contributed by atoms with Crippen LogP contribution in [0.4, 0.5) is 0 Å². The second-order valence-corrected chi connectivity index (χ2v) is 2.57. The molecule has 0 N–H and O–H groups in total. The fourth-order valence-corrected chi connectivity index (χ4v) is 0.411. The van der Waals surface area contributed by atoms with Crippen LogP contribution in [-0.2, 0) is 9.53 Å². The summed E-state index contributed by atoms with van der Waals surface area (Å²) in [4.78, 5) is 10.6. The Morgan fingerprint density at radius 1 is 1.50 bits per heavy atom. The standard InChI is InChI=1S/C8H14O2/c1-6(2)7(3)5-8(9)10-4/h5-6H,1-4H3/b7-5-. The third-order valence-corrected chi connectivity index (χ3v) is 1.46. The molecule has 2 heteroatoms. The lowest BCUT2D eigenvalue weighted by atomic mass is 10.1. The number of hydrogen-bond donors (Lipinski definition) is 0. The molecule has 0 rings (SSSR count). The Bertz CT molecular complexity index is 145. The average molecular weight is 142 g/mol. The monoisotopic (exact) mass is 142 g/mol. The van der Waals surface area contributed by atoms with Crippen LogP contribution in [0.5, 0.6) is 0 Å². The van der Waals surface area contributed by atoms with Crippen LogP contribution in [0.1, 0.15) is 20.8 Å². The van der Waals surface area contributed by atoms with Crippen molar-refractivity contribution >= 4 is 5.97 Å². The van der Waals surface area contributed by atoms with Crippen molar-refractivity contribution in [3.05, 3.63) is 11.6 Å². The van der Waals surface area contributed by atoms with E-state index in [9.17, 15) is 4.79 Å². The second kappa shape index (κ2) is 4.09. The zero-order valence-corrected chi connectivity index (χ0v) is 6.97. The van der Waals surface area contributed by atoms with E-state index in [4.69, 9.17) is 0 Å². The normalized spacial score (nSPS) is 11.9. The van der Waals surface area contributed by atoms with Gasteiger partial charge in [-0.25, -0.2) is 4.79 Å². The Morgan fingerprint density at radius 3 is 2.30 bits per heavy atom. The lowest BCUT2D eigenvalue weighted by Crippen LogP contribution is -1.98. The van der Waals surface area contributed by atoms with Crippen LogP contribution in [0.15, 0.2) is 11.6 Å². The van der Waals surface area contributed by atoms with Gasteiger partial charge in [0.05, 0.1) is 7.11 Å². The van der Waals surface area contributed by atoms with Gasteiger partial charge in [-0.15, -0.1) is 0 Å². The maximum Gasteiger partial charge on any atom is 0.330 e. The third kappa shape index (κ3) is 3.28. The quantitative estimate of drug-likeness (QED) is 0.434. The highest BCUT2D eigenvalue weighted by molar-refractivity contribution is 5.82. The number of allylic oxidation sites excluding steroid dienone is 1. The Labute approximate surface area is 61.9 Å². The lowest BCUT2D eigenvalue weighted by Gasteiger charge is -2.02. The number of ether oxygens (including phenoxy) is 1. The lowest BCUT2D eigenvalue weighted by molar-refractivity contribution is -0.134. The molecule has 0 amide bonds. The minimum absolute atomic E-state index is 0.272. The number of hydrogen-bond acceptors (Lipinski definition) is 2. The van der Waals surface area contributed by atoms with Gasteiger partial charge in [0.1, 0.15) is 0 Å². The van der Waals surface area contributed by atoms with Crippen LogP contribution in [0.3, 0.4) is 0 Å². The fourth-order valence-electron chi connectivity index (χ4n) is 0.411. The Balaban J connectivity index is 4.03. The predicted octanol–water partition coefficient (Wildman–Crippen LogP) is 1.76. The minimum Gasteiger partial charge on any atom is -0.466 e. The van der Waals surface area contributed by atoms with Gasteiger partial charge in [-0.05, 0) is 12.8 Å². The fraction of sp³-hybridized carbons (Fsp3) is 0.625. The van der Waals surface area contributed by atoms with Crippen molar-refractivity contribution in [3.8, 4) is 0 Å². The molecule has 58 valence electrons. The van der Waals surface area contributed by atoms with Gasteiger partial charge < -0.3 is 4.74 Å². The summed E-state index contributed by atoms with van der Waals surface area (Å²) in [6, 6.07) is 0. The largest absolute Gasteiger partial charge is 0.466 e. The van der Waals surface area contributed by atoms with E-state index in [0.29, 0.717) is 5.92 Å². The third-order valence-electron chi connectivity index (χ3n) is 1.46.